The normalized spacial score (nSPS) is 32.0. The van der Waals surface area contributed by atoms with Crippen molar-refractivity contribution < 1.29 is 4.74 Å². The average molecular weight is 212 g/mol. The Balaban J connectivity index is 1.90. The molecule has 2 aliphatic heterocycles. The molecule has 0 amide bonds. The molecule has 0 saturated carbocycles. The van der Waals surface area contributed by atoms with E-state index < -0.39 is 0 Å². The van der Waals surface area contributed by atoms with Gasteiger partial charge in [0.05, 0.1) is 11.7 Å². The Bertz CT molecular complexity index is 200. The molecule has 0 radical (unpaired) electrons. The van der Waals surface area contributed by atoms with Gasteiger partial charge in [-0.2, -0.15) is 0 Å². The van der Waals surface area contributed by atoms with Gasteiger partial charge in [-0.25, -0.2) is 0 Å². The molecular formula is C12H24N2O. The van der Waals surface area contributed by atoms with Crippen LogP contribution in [0, 0.1) is 0 Å². The van der Waals surface area contributed by atoms with Crippen LogP contribution in [0.15, 0.2) is 0 Å². The summed E-state index contributed by atoms with van der Waals surface area (Å²) in [7, 11) is 0. The second-order valence-electron chi connectivity index (χ2n) is 4.99. The molecule has 2 N–H and O–H groups in total. The molecule has 0 aliphatic carbocycles. The van der Waals surface area contributed by atoms with E-state index in [2.05, 4.69) is 11.8 Å². The first-order chi connectivity index (χ1) is 7.28. The van der Waals surface area contributed by atoms with Crippen molar-refractivity contribution in [3.63, 3.8) is 0 Å². The Labute approximate surface area is 93.0 Å². The minimum absolute atomic E-state index is 0.188. The lowest BCUT2D eigenvalue weighted by Gasteiger charge is -2.46. The lowest BCUT2D eigenvalue weighted by molar-refractivity contribution is -0.149. The van der Waals surface area contributed by atoms with Crippen LogP contribution in [0.25, 0.3) is 0 Å². The lowest BCUT2D eigenvalue weighted by Crippen LogP contribution is -2.50. The lowest BCUT2D eigenvalue weighted by atomic mass is 9.83. The Morgan fingerprint density at radius 1 is 1.33 bits per heavy atom. The van der Waals surface area contributed by atoms with E-state index in [0.29, 0.717) is 12.6 Å². The quantitative estimate of drug-likeness (QED) is 0.751. The topological polar surface area (TPSA) is 38.5 Å². The van der Waals surface area contributed by atoms with Crippen LogP contribution in [-0.4, -0.2) is 42.8 Å². The number of hydrogen-bond acceptors (Lipinski definition) is 3. The molecule has 2 aliphatic rings. The van der Waals surface area contributed by atoms with Crippen molar-refractivity contribution in [1.82, 2.24) is 4.90 Å². The zero-order valence-corrected chi connectivity index (χ0v) is 9.87. The van der Waals surface area contributed by atoms with Crippen molar-refractivity contribution in [1.29, 1.82) is 0 Å². The molecule has 0 aromatic rings. The van der Waals surface area contributed by atoms with Gasteiger partial charge in [0.25, 0.3) is 0 Å². The van der Waals surface area contributed by atoms with Gasteiger partial charge in [0.1, 0.15) is 0 Å². The van der Waals surface area contributed by atoms with Crippen molar-refractivity contribution in [2.45, 2.75) is 50.7 Å². The van der Waals surface area contributed by atoms with Crippen LogP contribution in [0.4, 0.5) is 0 Å². The maximum Gasteiger partial charge on any atom is 0.0711 e. The molecule has 0 aromatic carbocycles. The van der Waals surface area contributed by atoms with Crippen molar-refractivity contribution >= 4 is 0 Å². The van der Waals surface area contributed by atoms with Gasteiger partial charge in [0.2, 0.25) is 0 Å². The Morgan fingerprint density at radius 2 is 2.07 bits per heavy atom. The molecule has 1 unspecified atom stereocenters. The summed E-state index contributed by atoms with van der Waals surface area (Å²) >= 11 is 0. The molecule has 3 nitrogen and oxygen atoms in total. The Kier molecular flexibility index (Phi) is 3.65. The average Bonchev–Trinajstić information content (AvgIpc) is 2.30. The highest BCUT2D eigenvalue weighted by molar-refractivity contribution is 4.91. The second-order valence-corrected chi connectivity index (χ2v) is 4.99. The van der Waals surface area contributed by atoms with E-state index in [1.54, 1.807) is 0 Å². The van der Waals surface area contributed by atoms with Crippen LogP contribution in [0.1, 0.15) is 39.0 Å². The first kappa shape index (κ1) is 11.4. The van der Waals surface area contributed by atoms with Crippen LogP contribution in [0.2, 0.25) is 0 Å². The van der Waals surface area contributed by atoms with E-state index in [1.807, 2.05) is 0 Å². The zero-order chi connectivity index (χ0) is 10.7. The summed E-state index contributed by atoms with van der Waals surface area (Å²) in [6.07, 6.45) is 6.45. The smallest absolute Gasteiger partial charge is 0.0711 e. The third-order valence-electron chi connectivity index (χ3n) is 4.05. The van der Waals surface area contributed by atoms with Gasteiger partial charge in [-0.05, 0) is 38.6 Å². The number of nitrogens with two attached hydrogens (primary N) is 1. The molecule has 1 atom stereocenters. The van der Waals surface area contributed by atoms with E-state index in [4.69, 9.17) is 10.5 Å². The van der Waals surface area contributed by atoms with Gasteiger partial charge >= 0.3 is 0 Å². The van der Waals surface area contributed by atoms with Crippen molar-refractivity contribution in [2.75, 3.05) is 26.2 Å². The highest BCUT2D eigenvalue weighted by Crippen LogP contribution is 2.36. The van der Waals surface area contributed by atoms with Crippen LogP contribution < -0.4 is 5.73 Å². The summed E-state index contributed by atoms with van der Waals surface area (Å²) in [5.74, 6) is 0. The number of likely N-dealkylation sites (tertiary alicyclic amines) is 1. The van der Waals surface area contributed by atoms with Gasteiger partial charge < -0.3 is 15.4 Å². The van der Waals surface area contributed by atoms with Gasteiger partial charge in [-0.3, -0.25) is 0 Å². The SMILES string of the molecule is CCN1CCC2(CCCC(CN)O2)CC1. The number of ether oxygens (including phenoxy) is 1. The van der Waals surface area contributed by atoms with Crippen molar-refractivity contribution in [2.24, 2.45) is 5.73 Å². The maximum atomic E-state index is 6.21. The molecule has 2 fully saturated rings. The Morgan fingerprint density at radius 3 is 2.67 bits per heavy atom. The molecule has 3 heteroatoms. The molecule has 1 spiro atoms. The first-order valence-corrected chi connectivity index (χ1v) is 6.38. The van der Waals surface area contributed by atoms with Gasteiger partial charge in [-0.15, -0.1) is 0 Å². The van der Waals surface area contributed by atoms with E-state index >= 15 is 0 Å². The van der Waals surface area contributed by atoms with Crippen LogP contribution in [0.3, 0.4) is 0 Å². The van der Waals surface area contributed by atoms with E-state index in [0.717, 1.165) is 6.42 Å². The first-order valence-electron chi connectivity index (χ1n) is 6.38. The largest absolute Gasteiger partial charge is 0.370 e. The molecule has 2 heterocycles. The molecular weight excluding hydrogens is 188 g/mol. The fraction of sp³-hybridized carbons (Fsp3) is 1.00. The molecule has 0 bridgehead atoms. The molecule has 2 rings (SSSR count). The van der Waals surface area contributed by atoms with Crippen LogP contribution in [-0.2, 0) is 4.74 Å². The second kappa shape index (κ2) is 4.81. The van der Waals surface area contributed by atoms with Gasteiger partial charge in [0, 0.05) is 19.6 Å². The summed E-state index contributed by atoms with van der Waals surface area (Å²) in [5, 5.41) is 0. The summed E-state index contributed by atoms with van der Waals surface area (Å²) < 4.78 is 6.21. The van der Waals surface area contributed by atoms with Crippen molar-refractivity contribution in [3.8, 4) is 0 Å². The number of piperidine rings is 1. The Hall–Kier alpha value is -0.120. The fourth-order valence-corrected chi connectivity index (χ4v) is 2.93. The predicted molar refractivity (Wildman–Crippen MR) is 61.9 cm³/mol. The van der Waals surface area contributed by atoms with E-state index in [-0.39, 0.29) is 5.60 Å². The molecule has 0 aromatic heterocycles. The van der Waals surface area contributed by atoms with E-state index in [1.165, 1.54) is 45.3 Å². The number of nitrogens with zero attached hydrogens (tertiary/aromatic N) is 1. The zero-order valence-electron chi connectivity index (χ0n) is 9.87. The summed E-state index contributed by atoms with van der Waals surface area (Å²) in [6.45, 7) is 6.51. The van der Waals surface area contributed by atoms with Crippen molar-refractivity contribution in [3.05, 3.63) is 0 Å². The highest BCUT2D eigenvalue weighted by Gasteiger charge is 2.39. The van der Waals surface area contributed by atoms with Gasteiger partial charge in [-0.1, -0.05) is 6.92 Å². The summed E-state index contributed by atoms with van der Waals surface area (Å²) in [4.78, 5) is 2.51. The standard InChI is InChI=1S/C12H24N2O/c1-2-14-8-6-12(7-9-14)5-3-4-11(10-13)15-12/h11H,2-10,13H2,1H3. The number of hydrogen-bond donors (Lipinski definition) is 1. The summed E-state index contributed by atoms with van der Waals surface area (Å²) in [6, 6.07) is 0. The van der Waals surface area contributed by atoms with E-state index in [9.17, 15) is 0 Å². The van der Waals surface area contributed by atoms with Gasteiger partial charge in [0.15, 0.2) is 0 Å². The molecule has 2 saturated heterocycles. The third kappa shape index (κ3) is 2.52. The fourth-order valence-electron chi connectivity index (χ4n) is 2.93. The monoisotopic (exact) mass is 212 g/mol. The summed E-state index contributed by atoms with van der Waals surface area (Å²) in [5.41, 5.74) is 5.90. The molecule has 88 valence electrons. The minimum Gasteiger partial charge on any atom is -0.370 e. The third-order valence-corrected chi connectivity index (χ3v) is 4.05. The molecule has 15 heavy (non-hydrogen) atoms. The minimum atomic E-state index is 0.188. The van der Waals surface area contributed by atoms with Crippen LogP contribution >= 0.6 is 0 Å². The maximum absolute atomic E-state index is 6.21. The predicted octanol–water partition coefficient (Wildman–Crippen LogP) is 1.37. The van der Waals surface area contributed by atoms with Crippen LogP contribution in [0.5, 0.6) is 0 Å². The number of rotatable bonds is 2. The highest BCUT2D eigenvalue weighted by atomic mass is 16.5.